The molecule has 20 heavy (non-hydrogen) atoms. The molecule has 7 heteroatoms. The van der Waals surface area contributed by atoms with Gasteiger partial charge in [-0.05, 0) is 41.4 Å². The third-order valence-electron chi connectivity index (χ3n) is 3.21. The maximum atomic E-state index is 13.2. The van der Waals surface area contributed by atoms with Gasteiger partial charge in [0.25, 0.3) is 5.91 Å². The van der Waals surface area contributed by atoms with E-state index >= 15 is 0 Å². The first-order valence-corrected chi connectivity index (χ1v) is 6.70. The lowest BCUT2D eigenvalue weighted by Crippen LogP contribution is -2.57. The van der Waals surface area contributed by atoms with Crippen LogP contribution in [-0.4, -0.2) is 33.7 Å². The number of carbonyl (C=O) groups excluding carboxylic acids is 1. The van der Waals surface area contributed by atoms with Crippen molar-refractivity contribution in [2.75, 3.05) is 0 Å². The Labute approximate surface area is 122 Å². The minimum atomic E-state index is -4.71. The molecule has 0 aromatic heterocycles. The number of aliphatic hydroxyl groups is 1. The van der Waals surface area contributed by atoms with E-state index in [-0.39, 0.29) is 12.1 Å². The van der Waals surface area contributed by atoms with E-state index in [0.717, 1.165) is 13.8 Å². The zero-order chi connectivity index (χ0) is 15.3. The Hall–Kier alpha value is -1.08. The van der Waals surface area contributed by atoms with Crippen LogP contribution in [0.15, 0.2) is 22.7 Å². The molecule has 3 nitrogen and oxygen atoms in total. The van der Waals surface area contributed by atoms with Crippen LogP contribution in [0, 0.1) is 0 Å². The zero-order valence-corrected chi connectivity index (χ0v) is 12.4. The van der Waals surface area contributed by atoms with Crippen molar-refractivity contribution in [2.24, 2.45) is 0 Å². The molecule has 0 fully saturated rings. The summed E-state index contributed by atoms with van der Waals surface area (Å²) in [6, 6.07) is 2.62. The Morgan fingerprint density at radius 3 is 2.40 bits per heavy atom. The molecule has 0 unspecified atom stereocenters. The zero-order valence-electron chi connectivity index (χ0n) is 10.8. The van der Waals surface area contributed by atoms with Crippen molar-refractivity contribution in [2.45, 2.75) is 38.2 Å². The minimum Gasteiger partial charge on any atom is -0.388 e. The molecule has 0 saturated heterocycles. The van der Waals surface area contributed by atoms with Gasteiger partial charge < -0.3 is 10.0 Å². The largest absolute Gasteiger partial charge is 0.411 e. The molecule has 1 heterocycles. The molecule has 0 spiro atoms. The van der Waals surface area contributed by atoms with Crippen molar-refractivity contribution in [1.82, 2.24) is 4.90 Å². The monoisotopic (exact) mass is 351 g/mol. The van der Waals surface area contributed by atoms with Crippen molar-refractivity contribution in [3.05, 3.63) is 33.8 Å². The molecule has 1 amide bonds. The lowest BCUT2D eigenvalue weighted by atomic mass is 9.97. The van der Waals surface area contributed by atoms with E-state index in [0.29, 0.717) is 14.9 Å². The fraction of sp³-hybridized carbons (Fsp3) is 0.462. The number of amides is 1. The van der Waals surface area contributed by atoms with Gasteiger partial charge in [0.2, 0.25) is 0 Å². The standard InChI is InChI=1S/C13H13BrF3NO2/c1-12(2,20)11(13(15,16)17)18-6-7-4-3-5-8(14)9(7)10(18)19/h3-5,11,20H,6H2,1-2H3/t11-/m0/s1. The first-order valence-electron chi connectivity index (χ1n) is 5.91. The van der Waals surface area contributed by atoms with Crippen molar-refractivity contribution in [1.29, 1.82) is 0 Å². The SMILES string of the molecule is CC(C)(O)[C@H](N1Cc2cccc(Br)c2C1=O)C(F)(F)F. The van der Waals surface area contributed by atoms with Crippen LogP contribution in [0.3, 0.4) is 0 Å². The molecular formula is C13H13BrF3NO2. The maximum absolute atomic E-state index is 13.2. The summed E-state index contributed by atoms with van der Waals surface area (Å²) in [7, 11) is 0. The van der Waals surface area contributed by atoms with Crippen molar-refractivity contribution in [3.63, 3.8) is 0 Å². The van der Waals surface area contributed by atoms with Gasteiger partial charge in [0.15, 0.2) is 6.04 Å². The molecule has 0 radical (unpaired) electrons. The molecule has 1 aromatic carbocycles. The third kappa shape index (κ3) is 2.56. The molecule has 1 aromatic rings. The number of alkyl halides is 3. The first-order chi connectivity index (χ1) is 9.03. The van der Waals surface area contributed by atoms with Gasteiger partial charge >= 0.3 is 6.18 Å². The fourth-order valence-electron chi connectivity index (χ4n) is 2.51. The van der Waals surface area contributed by atoms with Gasteiger partial charge in [0, 0.05) is 11.0 Å². The molecule has 0 bridgehead atoms. The van der Waals surface area contributed by atoms with Crippen molar-refractivity contribution >= 4 is 21.8 Å². The van der Waals surface area contributed by atoms with Crippen LogP contribution in [0.5, 0.6) is 0 Å². The molecule has 110 valence electrons. The van der Waals surface area contributed by atoms with Gasteiger partial charge in [-0.1, -0.05) is 12.1 Å². The third-order valence-corrected chi connectivity index (χ3v) is 3.87. The Bertz CT molecular complexity index is 538. The van der Waals surface area contributed by atoms with E-state index in [9.17, 15) is 23.1 Å². The van der Waals surface area contributed by atoms with Gasteiger partial charge in [0.1, 0.15) is 0 Å². The molecule has 1 atom stereocenters. The Balaban J connectivity index is 2.46. The molecule has 0 aliphatic carbocycles. The number of carbonyl (C=O) groups is 1. The highest BCUT2D eigenvalue weighted by Gasteiger charge is 2.55. The highest BCUT2D eigenvalue weighted by Crippen LogP contribution is 2.39. The molecule has 1 aliphatic heterocycles. The second-order valence-electron chi connectivity index (χ2n) is 5.30. The predicted molar refractivity (Wildman–Crippen MR) is 70.2 cm³/mol. The summed E-state index contributed by atoms with van der Waals surface area (Å²) in [5.41, 5.74) is -1.34. The predicted octanol–water partition coefficient (Wildman–Crippen LogP) is 3.11. The van der Waals surface area contributed by atoms with Crippen LogP contribution in [0.4, 0.5) is 13.2 Å². The highest BCUT2D eigenvalue weighted by atomic mass is 79.9. The smallest absolute Gasteiger partial charge is 0.388 e. The van der Waals surface area contributed by atoms with E-state index in [2.05, 4.69) is 15.9 Å². The number of rotatable bonds is 2. The second kappa shape index (κ2) is 4.73. The Morgan fingerprint density at radius 1 is 1.35 bits per heavy atom. The van der Waals surface area contributed by atoms with E-state index < -0.39 is 23.7 Å². The maximum Gasteiger partial charge on any atom is 0.411 e. The summed E-state index contributed by atoms with van der Waals surface area (Å²) >= 11 is 3.17. The number of hydrogen-bond acceptors (Lipinski definition) is 2. The van der Waals surface area contributed by atoms with Crippen molar-refractivity contribution < 1.29 is 23.1 Å². The van der Waals surface area contributed by atoms with Gasteiger partial charge in [-0.2, -0.15) is 13.2 Å². The van der Waals surface area contributed by atoms with Gasteiger partial charge in [-0.25, -0.2) is 0 Å². The molecular weight excluding hydrogens is 339 g/mol. The number of fused-ring (bicyclic) bond motifs is 1. The lowest BCUT2D eigenvalue weighted by molar-refractivity contribution is -0.219. The highest BCUT2D eigenvalue weighted by molar-refractivity contribution is 9.10. The summed E-state index contributed by atoms with van der Waals surface area (Å²) in [5, 5.41) is 9.81. The Morgan fingerprint density at radius 2 is 1.95 bits per heavy atom. The number of nitrogens with zero attached hydrogens (tertiary/aromatic N) is 1. The van der Waals surface area contributed by atoms with Gasteiger partial charge in [-0.3, -0.25) is 4.79 Å². The van der Waals surface area contributed by atoms with Crippen LogP contribution >= 0.6 is 15.9 Å². The fourth-order valence-corrected chi connectivity index (χ4v) is 3.08. The first kappa shape index (κ1) is 15.3. The van der Waals surface area contributed by atoms with Crippen LogP contribution in [-0.2, 0) is 6.54 Å². The lowest BCUT2D eigenvalue weighted by Gasteiger charge is -2.37. The van der Waals surface area contributed by atoms with Crippen LogP contribution in [0.25, 0.3) is 0 Å². The van der Waals surface area contributed by atoms with E-state index in [1.807, 2.05) is 0 Å². The summed E-state index contributed by atoms with van der Waals surface area (Å²) in [6.07, 6.45) is -4.71. The van der Waals surface area contributed by atoms with E-state index in [4.69, 9.17) is 0 Å². The second-order valence-corrected chi connectivity index (χ2v) is 6.16. The summed E-state index contributed by atoms with van der Waals surface area (Å²) in [5.74, 6) is -0.725. The normalized spacial score (nSPS) is 17.4. The number of hydrogen-bond donors (Lipinski definition) is 1. The average Bonchev–Trinajstić information content (AvgIpc) is 2.53. The molecule has 2 rings (SSSR count). The summed E-state index contributed by atoms with van der Waals surface area (Å²) < 4.78 is 40.1. The molecule has 1 aliphatic rings. The van der Waals surface area contributed by atoms with Crippen LogP contribution < -0.4 is 0 Å². The molecule has 1 N–H and O–H groups in total. The van der Waals surface area contributed by atoms with Crippen molar-refractivity contribution in [3.8, 4) is 0 Å². The summed E-state index contributed by atoms with van der Waals surface area (Å²) in [4.78, 5) is 12.9. The van der Waals surface area contributed by atoms with Crippen LogP contribution in [0.1, 0.15) is 29.8 Å². The van der Waals surface area contributed by atoms with Crippen LogP contribution in [0.2, 0.25) is 0 Å². The van der Waals surface area contributed by atoms with Gasteiger partial charge in [0.05, 0.1) is 11.2 Å². The van der Waals surface area contributed by atoms with E-state index in [1.54, 1.807) is 18.2 Å². The molecule has 0 saturated carbocycles. The topological polar surface area (TPSA) is 40.5 Å². The minimum absolute atomic E-state index is 0.165. The van der Waals surface area contributed by atoms with E-state index in [1.165, 1.54) is 0 Å². The Kier molecular flexibility index (Phi) is 3.62. The number of benzene rings is 1. The average molecular weight is 352 g/mol. The van der Waals surface area contributed by atoms with Gasteiger partial charge in [-0.15, -0.1) is 0 Å². The summed E-state index contributed by atoms with van der Waals surface area (Å²) in [6.45, 7) is 1.94. The number of halogens is 4. The quantitative estimate of drug-likeness (QED) is 0.889.